The van der Waals surface area contributed by atoms with Gasteiger partial charge in [0.2, 0.25) is 5.91 Å². The maximum absolute atomic E-state index is 13.9. The molecule has 4 nitrogen and oxygen atoms in total. The SMILES string of the molecule is CCC(=O)N1CC(C)(C)S[C@]12C(=O)N(Cc1ccccc1)c1ccc(Cl)cc12. The van der Waals surface area contributed by atoms with E-state index in [1.54, 1.807) is 27.6 Å². The van der Waals surface area contributed by atoms with E-state index in [0.717, 1.165) is 16.8 Å². The normalized spacial score (nSPS) is 22.8. The first-order valence-corrected chi connectivity index (χ1v) is 10.6. The standard InChI is InChI=1S/C22H23ClN2O2S/c1-4-19(26)25-14-21(2,3)28-22(25)17-12-16(23)10-11-18(17)24(20(22)27)13-15-8-6-5-7-9-15/h5-12H,4,13-14H2,1-3H3/t22-/m1/s1. The van der Waals surface area contributed by atoms with Gasteiger partial charge in [0, 0.05) is 28.3 Å². The molecule has 1 fully saturated rings. The number of carbonyl (C=O) groups excluding carboxylic acids is 2. The fourth-order valence-corrected chi connectivity index (χ4v) is 6.05. The zero-order chi connectivity index (χ0) is 20.1. The Balaban J connectivity index is 1.87. The molecule has 1 spiro atoms. The highest BCUT2D eigenvalue weighted by molar-refractivity contribution is 8.02. The Morgan fingerprint density at radius 2 is 1.89 bits per heavy atom. The Labute approximate surface area is 174 Å². The summed E-state index contributed by atoms with van der Waals surface area (Å²) in [6.45, 7) is 7.00. The third-order valence-electron chi connectivity index (χ3n) is 5.28. The molecule has 28 heavy (non-hydrogen) atoms. The highest BCUT2D eigenvalue weighted by Crippen LogP contribution is 2.60. The second-order valence-corrected chi connectivity index (χ2v) is 10.2. The minimum absolute atomic E-state index is 0.0149. The Hall–Kier alpha value is -1.98. The number of nitrogens with zero attached hydrogens (tertiary/aromatic N) is 2. The van der Waals surface area contributed by atoms with E-state index in [-0.39, 0.29) is 16.6 Å². The van der Waals surface area contributed by atoms with E-state index in [1.807, 2.05) is 49.4 Å². The molecule has 0 bridgehead atoms. The van der Waals surface area contributed by atoms with Gasteiger partial charge in [-0.15, -0.1) is 11.8 Å². The summed E-state index contributed by atoms with van der Waals surface area (Å²) in [5.41, 5.74) is 2.69. The largest absolute Gasteiger partial charge is 0.314 e. The van der Waals surface area contributed by atoms with Gasteiger partial charge >= 0.3 is 0 Å². The van der Waals surface area contributed by atoms with Crippen LogP contribution >= 0.6 is 23.4 Å². The van der Waals surface area contributed by atoms with Crippen molar-refractivity contribution in [2.75, 3.05) is 11.4 Å². The molecule has 2 aliphatic rings. The van der Waals surface area contributed by atoms with Gasteiger partial charge in [0.05, 0.1) is 12.2 Å². The molecule has 2 amide bonds. The molecule has 4 rings (SSSR count). The number of anilines is 1. The van der Waals surface area contributed by atoms with Gasteiger partial charge in [0.25, 0.3) is 5.91 Å². The molecule has 1 saturated heterocycles. The van der Waals surface area contributed by atoms with E-state index in [9.17, 15) is 9.59 Å². The summed E-state index contributed by atoms with van der Waals surface area (Å²) in [6, 6.07) is 15.5. The highest BCUT2D eigenvalue weighted by atomic mass is 35.5. The maximum atomic E-state index is 13.9. The summed E-state index contributed by atoms with van der Waals surface area (Å²) in [4.78, 5) is 29.3. The number of thioether (sulfide) groups is 1. The van der Waals surface area contributed by atoms with Crippen LogP contribution < -0.4 is 4.90 Å². The summed E-state index contributed by atoms with van der Waals surface area (Å²) in [7, 11) is 0. The van der Waals surface area contributed by atoms with Crippen molar-refractivity contribution in [3.63, 3.8) is 0 Å². The fraction of sp³-hybridized carbons (Fsp3) is 0.364. The van der Waals surface area contributed by atoms with E-state index in [2.05, 4.69) is 13.8 Å². The van der Waals surface area contributed by atoms with Crippen molar-refractivity contribution in [3.8, 4) is 0 Å². The van der Waals surface area contributed by atoms with Crippen molar-refractivity contribution in [3.05, 3.63) is 64.7 Å². The summed E-state index contributed by atoms with van der Waals surface area (Å²) >= 11 is 7.89. The lowest BCUT2D eigenvalue weighted by atomic mass is 10.0. The van der Waals surface area contributed by atoms with Crippen molar-refractivity contribution in [2.45, 2.75) is 43.4 Å². The molecule has 2 aromatic carbocycles. The molecule has 2 heterocycles. The minimum atomic E-state index is -1.05. The van der Waals surface area contributed by atoms with Gasteiger partial charge in [-0.2, -0.15) is 0 Å². The Morgan fingerprint density at radius 3 is 2.57 bits per heavy atom. The molecule has 1 atom stereocenters. The van der Waals surface area contributed by atoms with Crippen LogP contribution in [0.15, 0.2) is 48.5 Å². The first-order valence-electron chi connectivity index (χ1n) is 9.45. The quantitative estimate of drug-likeness (QED) is 0.724. The van der Waals surface area contributed by atoms with Gasteiger partial charge < -0.3 is 9.80 Å². The van der Waals surface area contributed by atoms with Crippen molar-refractivity contribution in [2.24, 2.45) is 0 Å². The topological polar surface area (TPSA) is 40.6 Å². The molecule has 2 aromatic rings. The average molecular weight is 415 g/mol. The van der Waals surface area contributed by atoms with Crippen molar-refractivity contribution < 1.29 is 9.59 Å². The van der Waals surface area contributed by atoms with Gasteiger partial charge in [0.15, 0.2) is 4.87 Å². The lowest BCUT2D eigenvalue weighted by molar-refractivity contribution is -0.140. The molecule has 0 aromatic heterocycles. The van der Waals surface area contributed by atoms with Gasteiger partial charge in [-0.1, -0.05) is 48.9 Å². The first kappa shape index (κ1) is 19.3. The summed E-state index contributed by atoms with van der Waals surface area (Å²) in [5, 5.41) is 0.571. The number of amides is 2. The van der Waals surface area contributed by atoms with Crippen LogP contribution in [0.4, 0.5) is 5.69 Å². The van der Waals surface area contributed by atoms with Gasteiger partial charge in [-0.05, 0) is 37.6 Å². The van der Waals surface area contributed by atoms with Gasteiger partial charge in [-0.25, -0.2) is 0 Å². The average Bonchev–Trinajstić information content (AvgIpc) is 3.08. The predicted octanol–water partition coefficient (Wildman–Crippen LogP) is 4.80. The highest BCUT2D eigenvalue weighted by Gasteiger charge is 2.63. The molecule has 0 saturated carbocycles. The van der Waals surface area contributed by atoms with E-state index < -0.39 is 4.87 Å². The van der Waals surface area contributed by atoms with Crippen LogP contribution in [0.5, 0.6) is 0 Å². The van der Waals surface area contributed by atoms with Crippen LogP contribution in [0.2, 0.25) is 5.02 Å². The van der Waals surface area contributed by atoms with Gasteiger partial charge in [0.1, 0.15) is 0 Å². The van der Waals surface area contributed by atoms with E-state index in [1.165, 1.54) is 0 Å². The zero-order valence-electron chi connectivity index (χ0n) is 16.2. The van der Waals surface area contributed by atoms with Crippen LogP contribution in [0.3, 0.4) is 0 Å². The third kappa shape index (κ3) is 2.92. The lowest BCUT2D eigenvalue weighted by Crippen LogP contribution is -2.50. The Bertz CT molecular complexity index is 947. The number of hydrogen-bond donors (Lipinski definition) is 0. The number of halogens is 1. The monoisotopic (exact) mass is 414 g/mol. The Morgan fingerprint density at radius 1 is 1.18 bits per heavy atom. The van der Waals surface area contributed by atoms with Crippen molar-refractivity contribution >= 4 is 40.9 Å². The van der Waals surface area contributed by atoms with Crippen LogP contribution in [-0.2, 0) is 21.0 Å². The van der Waals surface area contributed by atoms with E-state index in [4.69, 9.17) is 11.6 Å². The van der Waals surface area contributed by atoms with Crippen molar-refractivity contribution in [1.29, 1.82) is 0 Å². The molecule has 0 unspecified atom stereocenters. The van der Waals surface area contributed by atoms with E-state index >= 15 is 0 Å². The molecule has 0 N–H and O–H groups in total. The lowest BCUT2D eigenvalue weighted by Gasteiger charge is -2.33. The molecule has 0 aliphatic carbocycles. The first-order chi connectivity index (χ1) is 13.3. The molecular formula is C22H23ClN2O2S. The minimum Gasteiger partial charge on any atom is -0.314 e. The van der Waals surface area contributed by atoms with Crippen LogP contribution in [0, 0.1) is 0 Å². The summed E-state index contributed by atoms with van der Waals surface area (Å²) in [5.74, 6) is -0.0788. The second kappa shape index (κ2) is 6.82. The summed E-state index contributed by atoms with van der Waals surface area (Å²) in [6.07, 6.45) is 0.361. The van der Waals surface area contributed by atoms with Crippen LogP contribution in [0.1, 0.15) is 38.3 Å². The number of fused-ring (bicyclic) bond motifs is 2. The third-order valence-corrected chi connectivity index (χ3v) is 7.11. The zero-order valence-corrected chi connectivity index (χ0v) is 17.8. The molecule has 6 heteroatoms. The van der Waals surface area contributed by atoms with Crippen molar-refractivity contribution in [1.82, 2.24) is 4.90 Å². The predicted molar refractivity (Wildman–Crippen MR) is 114 cm³/mol. The number of carbonyl (C=O) groups is 2. The summed E-state index contributed by atoms with van der Waals surface area (Å²) < 4.78 is -0.233. The molecule has 146 valence electrons. The molecular weight excluding hydrogens is 392 g/mol. The molecule has 2 aliphatic heterocycles. The van der Waals surface area contributed by atoms with Crippen LogP contribution in [0.25, 0.3) is 0 Å². The second-order valence-electron chi connectivity index (χ2n) is 7.88. The maximum Gasteiger partial charge on any atom is 0.268 e. The number of hydrogen-bond acceptors (Lipinski definition) is 3. The van der Waals surface area contributed by atoms with Gasteiger partial charge in [-0.3, -0.25) is 9.59 Å². The number of benzene rings is 2. The van der Waals surface area contributed by atoms with Crippen LogP contribution in [-0.4, -0.2) is 28.0 Å². The smallest absolute Gasteiger partial charge is 0.268 e. The molecule has 0 radical (unpaired) electrons. The van der Waals surface area contributed by atoms with E-state index in [0.29, 0.717) is 24.5 Å². The Kier molecular flexibility index (Phi) is 4.71. The fourth-order valence-electron chi connectivity index (χ4n) is 4.14. The number of rotatable bonds is 3.